The third kappa shape index (κ3) is 19.0. The molecule has 0 fully saturated rings. The van der Waals surface area contributed by atoms with Crippen LogP contribution in [0.3, 0.4) is 0 Å². The Morgan fingerprint density at radius 1 is 0.556 bits per heavy atom. The summed E-state index contributed by atoms with van der Waals surface area (Å²) < 4.78 is 36.2. The number of hydrogen-bond donors (Lipinski definition) is 0. The van der Waals surface area contributed by atoms with Crippen molar-refractivity contribution in [3.05, 3.63) is 0 Å². The molecule has 0 spiro atoms. The Morgan fingerprint density at radius 2 is 0.889 bits per heavy atom. The Kier molecular flexibility index (Phi) is 14.5. The van der Waals surface area contributed by atoms with E-state index in [0.717, 1.165) is 0 Å². The van der Waals surface area contributed by atoms with Crippen molar-refractivity contribution < 1.29 is 25.6 Å². The number of rotatable bonds is 11. The van der Waals surface area contributed by atoms with Crippen molar-refractivity contribution in [3.8, 4) is 0 Å². The molecule has 0 saturated heterocycles. The lowest BCUT2D eigenvalue weighted by Gasteiger charge is -2.40. The largest absolute Gasteiger partial charge is 0.440 e. The fourth-order valence-electron chi connectivity index (χ4n) is 2.64. The lowest BCUT2D eigenvalue weighted by atomic mass is 11.9. The Bertz CT molecular complexity index is 405. The molecule has 0 rings (SSSR count). The van der Waals surface area contributed by atoms with Gasteiger partial charge in [-0.05, 0) is 78.6 Å². The average molecular weight is 507 g/mol. The minimum Gasteiger partial charge on any atom is -0.440 e. The van der Waals surface area contributed by atoms with Gasteiger partial charge >= 0.3 is 34.2 Å². The highest BCUT2D eigenvalue weighted by molar-refractivity contribution is 6.88. The van der Waals surface area contributed by atoms with Gasteiger partial charge in [0.2, 0.25) is 9.04 Å². The lowest BCUT2D eigenvalue weighted by Crippen LogP contribution is -2.58. The first-order valence-corrected chi connectivity index (χ1v) is 29.7. The first kappa shape index (κ1) is 30.5. The van der Waals surface area contributed by atoms with Crippen LogP contribution in [0.2, 0.25) is 91.7 Å². The zero-order valence-electron chi connectivity index (χ0n) is 20.3. The van der Waals surface area contributed by atoms with Gasteiger partial charge in [0, 0.05) is 9.52 Å². The van der Waals surface area contributed by atoms with Crippen molar-refractivity contribution >= 4 is 61.8 Å². The molecule has 27 heavy (non-hydrogen) atoms. The van der Waals surface area contributed by atoms with Crippen LogP contribution in [0, 0.1) is 0 Å². The molecule has 0 aliphatic heterocycles. The van der Waals surface area contributed by atoms with Gasteiger partial charge in [-0.2, -0.15) is 0 Å². The van der Waals surface area contributed by atoms with Crippen LogP contribution in [0.25, 0.3) is 0 Å². The van der Waals surface area contributed by atoms with Crippen molar-refractivity contribution in [1.82, 2.24) is 0 Å². The van der Waals surface area contributed by atoms with E-state index in [9.17, 15) is 0 Å². The minimum atomic E-state index is -2.40. The zero-order chi connectivity index (χ0) is 22.1. The highest BCUT2D eigenvalue weighted by Crippen LogP contribution is 2.25. The molecule has 0 amide bonds. The molecule has 0 bridgehead atoms. The van der Waals surface area contributed by atoms with Crippen molar-refractivity contribution in [3.63, 3.8) is 0 Å². The summed E-state index contributed by atoms with van der Waals surface area (Å²) in [7, 11) is -11.3. The second-order valence-electron chi connectivity index (χ2n) is 9.01. The van der Waals surface area contributed by atoms with E-state index in [4.69, 9.17) is 25.6 Å². The quantitative estimate of drug-likeness (QED) is 0.239. The Labute approximate surface area is 178 Å². The van der Waals surface area contributed by atoms with Gasteiger partial charge in [0.15, 0.2) is 9.04 Å². The summed E-state index contributed by atoms with van der Waals surface area (Å²) in [6.07, 6.45) is 0. The van der Waals surface area contributed by atoms with Crippen molar-refractivity contribution in [1.29, 1.82) is 0 Å². The molecule has 0 aromatic heterocycles. The van der Waals surface area contributed by atoms with Crippen LogP contribution in [0.1, 0.15) is 0 Å². The molecule has 0 heterocycles. The fourth-order valence-corrected chi connectivity index (χ4v) is 24.9. The second-order valence-corrected chi connectivity index (χ2v) is 29.6. The lowest BCUT2D eigenvalue weighted by molar-refractivity contribution is -0.132. The maximum absolute atomic E-state index is 6.40. The van der Waals surface area contributed by atoms with Gasteiger partial charge in [-0.3, -0.25) is 9.15 Å². The van der Waals surface area contributed by atoms with E-state index in [0.29, 0.717) is 9.52 Å². The molecule has 6 nitrogen and oxygen atoms in total. The summed E-state index contributed by atoms with van der Waals surface area (Å²) in [5, 5.41) is 0. The molecule has 0 N–H and O–H groups in total. The maximum atomic E-state index is 6.40. The average Bonchev–Trinajstić information content (AvgIpc) is 2.30. The summed E-state index contributed by atoms with van der Waals surface area (Å²) in [6, 6.07) is 0. The van der Waals surface area contributed by atoms with Crippen LogP contribution in [0.4, 0.5) is 0 Å². The van der Waals surface area contributed by atoms with Gasteiger partial charge in [0.1, 0.15) is 0 Å². The van der Waals surface area contributed by atoms with Crippen molar-refractivity contribution in [2.24, 2.45) is 0 Å². The molecule has 13 heteroatoms. The first-order valence-electron chi connectivity index (χ1n) is 9.99. The fraction of sp³-hybridized carbons (Fsp3) is 1.00. The molecule has 0 aromatic rings. The Balaban J connectivity index is 0. The highest BCUT2D eigenvalue weighted by Gasteiger charge is 2.45. The SMILES string of the molecule is C[SiH2]C.C[SiH](C)OO[Si](C)(C)O[Si](C)(C)O[Si](C)(C)O[Si](C)(C)O[SiH](C)C. The van der Waals surface area contributed by atoms with Gasteiger partial charge in [0.05, 0.1) is 0 Å². The van der Waals surface area contributed by atoms with E-state index in [2.05, 4.69) is 65.5 Å². The standard InChI is InChI=1S/C12H38O6Si6.C2H8Si/c1-19(2)13-14-21(5,6)16-23(9,10)18-24(11,12)17-22(7,8)15-20(3)4;1-3-2/h19-20H,1-12H3;3H2,1-2H3. The molecule has 0 unspecified atom stereocenters. The molecule has 0 aliphatic carbocycles. The normalized spacial score (nSPS) is 13.8. The van der Waals surface area contributed by atoms with Crippen molar-refractivity contribution in [2.45, 2.75) is 91.7 Å². The van der Waals surface area contributed by atoms with Crippen LogP contribution in [-0.4, -0.2) is 61.8 Å². The maximum Gasteiger partial charge on any atom is 0.358 e. The molecule has 0 atom stereocenters. The third-order valence-corrected chi connectivity index (χ3v) is 19.6. The Hall–Kier alpha value is 1.28. The van der Waals surface area contributed by atoms with E-state index in [-0.39, 0.29) is 0 Å². The summed E-state index contributed by atoms with van der Waals surface area (Å²) in [4.78, 5) is 0. The van der Waals surface area contributed by atoms with E-state index in [1.165, 1.54) is 0 Å². The topological polar surface area (TPSA) is 55.4 Å². The minimum absolute atomic E-state index is 0.417. The van der Waals surface area contributed by atoms with Gasteiger partial charge in [-0.1, -0.05) is 13.1 Å². The van der Waals surface area contributed by atoms with E-state index >= 15 is 0 Å². The smallest absolute Gasteiger partial charge is 0.358 e. The molecule has 0 saturated carbocycles. The van der Waals surface area contributed by atoms with Crippen LogP contribution < -0.4 is 0 Å². The molecule has 0 radical (unpaired) electrons. The predicted molar refractivity (Wildman–Crippen MR) is 134 cm³/mol. The third-order valence-electron chi connectivity index (χ3n) is 2.44. The van der Waals surface area contributed by atoms with Crippen LogP contribution in [-0.2, 0) is 25.6 Å². The molecular formula is C14H46O6Si7. The first-order chi connectivity index (χ1) is 11.9. The van der Waals surface area contributed by atoms with E-state index in [1.54, 1.807) is 0 Å². The van der Waals surface area contributed by atoms with Crippen molar-refractivity contribution in [2.75, 3.05) is 0 Å². The Morgan fingerprint density at radius 3 is 1.22 bits per heavy atom. The van der Waals surface area contributed by atoms with E-state index in [1.807, 2.05) is 26.2 Å². The summed E-state index contributed by atoms with van der Waals surface area (Å²) in [5.41, 5.74) is 0. The highest BCUT2D eigenvalue weighted by atomic mass is 28.5. The summed E-state index contributed by atoms with van der Waals surface area (Å²) in [6.45, 7) is 29.4. The predicted octanol–water partition coefficient (Wildman–Crippen LogP) is 4.03. The number of hydrogen-bond acceptors (Lipinski definition) is 6. The molecule has 166 valence electrons. The van der Waals surface area contributed by atoms with Crippen LogP contribution in [0.5, 0.6) is 0 Å². The van der Waals surface area contributed by atoms with Crippen LogP contribution in [0.15, 0.2) is 0 Å². The second kappa shape index (κ2) is 12.9. The van der Waals surface area contributed by atoms with Crippen LogP contribution >= 0.6 is 0 Å². The molecule has 0 aromatic carbocycles. The van der Waals surface area contributed by atoms with Gasteiger partial charge in [-0.25, -0.2) is 0 Å². The zero-order valence-corrected chi connectivity index (χ0v) is 28.0. The van der Waals surface area contributed by atoms with E-state index < -0.39 is 52.3 Å². The monoisotopic (exact) mass is 506 g/mol. The molecule has 0 aliphatic rings. The van der Waals surface area contributed by atoms with Gasteiger partial charge in [0.25, 0.3) is 0 Å². The summed E-state index contributed by atoms with van der Waals surface area (Å²) >= 11 is 0. The van der Waals surface area contributed by atoms with Gasteiger partial charge in [-0.15, -0.1) is 0 Å². The van der Waals surface area contributed by atoms with Gasteiger partial charge < -0.3 is 16.5 Å². The molecular weight excluding hydrogens is 461 g/mol. The summed E-state index contributed by atoms with van der Waals surface area (Å²) in [5.74, 6) is 0.